The predicted molar refractivity (Wildman–Crippen MR) is 123 cm³/mol. The summed E-state index contributed by atoms with van der Waals surface area (Å²) in [4.78, 5) is 19.5. The fourth-order valence-corrected chi connectivity index (χ4v) is 4.63. The average molecular weight is 421 g/mol. The Morgan fingerprint density at radius 1 is 1.10 bits per heavy atom. The van der Waals surface area contributed by atoms with Crippen LogP contribution in [0, 0.1) is 0 Å². The highest BCUT2D eigenvalue weighted by Gasteiger charge is 2.31. The van der Waals surface area contributed by atoms with Crippen LogP contribution in [0.3, 0.4) is 0 Å². The van der Waals surface area contributed by atoms with Crippen LogP contribution in [-0.2, 0) is 11.2 Å². The highest BCUT2D eigenvalue weighted by atomic mass is 32.1. The first-order valence-corrected chi connectivity index (χ1v) is 11.6. The van der Waals surface area contributed by atoms with Crippen LogP contribution in [0.2, 0.25) is 0 Å². The van der Waals surface area contributed by atoms with Gasteiger partial charge in [0, 0.05) is 23.9 Å². The zero-order chi connectivity index (χ0) is 20.9. The monoisotopic (exact) mass is 420 g/mol. The van der Waals surface area contributed by atoms with E-state index in [2.05, 4.69) is 42.6 Å². The molecule has 2 aromatic carbocycles. The van der Waals surface area contributed by atoms with Crippen molar-refractivity contribution in [3.05, 3.63) is 64.5 Å². The lowest BCUT2D eigenvalue weighted by atomic mass is 10.1. The molecule has 2 heterocycles. The number of aromatic nitrogens is 1. The number of unbranched alkanes of at least 4 members (excludes halogenated alkanes) is 3. The average Bonchev–Trinajstić information content (AvgIpc) is 3.22. The highest BCUT2D eigenvalue weighted by molar-refractivity contribution is 7.10. The summed E-state index contributed by atoms with van der Waals surface area (Å²) in [6.07, 6.45) is 4.92. The standard InChI is InChI=1S/C25H28N2O2S/c1-3-4-5-9-14-27-22-16-20(12-13-23(22)29-18(2)25(27)28)21-17-30-24(26-21)15-19-10-7-6-8-11-19/h6-8,10-13,16-18H,3-5,9,14-15H2,1-2H3. The van der Waals surface area contributed by atoms with Gasteiger partial charge in [-0.15, -0.1) is 11.3 Å². The van der Waals surface area contributed by atoms with Crippen LogP contribution >= 0.6 is 11.3 Å². The Morgan fingerprint density at radius 2 is 1.93 bits per heavy atom. The maximum absolute atomic E-state index is 12.8. The summed E-state index contributed by atoms with van der Waals surface area (Å²) >= 11 is 1.67. The second-order valence-corrected chi connectivity index (χ2v) is 8.72. The third kappa shape index (κ3) is 4.57. The van der Waals surface area contributed by atoms with Gasteiger partial charge in [0.15, 0.2) is 6.10 Å². The molecule has 3 aromatic rings. The van der Waals surface area contributed by atoms with Crippen molar-refractivity contribution in [2.24, 2.45) is 0 Å². The fourth-order valence-electron chi connectivity index (χ4n) is 3.79. The number of amides is 1. The van der Waals surface area contributed by atoms with E-state index >= 15 is 0 Å². The zero-order valence-electron chi connectivity index (χ0n) is 17.6. The van der Waals surface area contributed by atoms with E-state index in [1.54, 1.807) is 11.3 Å². The molecule has 0 radical (unpaired) electrons. The number of nitrogens with zero attached hydrogens (tertiary/aromatic N) is 2. The number of thiazole rings is 1. The van der Waals surface area contributed by atoms with Crippen LogP contribution in [0.1, 0.15) is 50.1 Å². The molecule has 1 amide bonds. The van der Waals surface area contributed by atoms with Crippen molar-refractivity contribution in [2.75, 3.05) is 11.4 Å². The predicted octanol–water partition coefficient (Wildman–Crippen LogP) is 6.10. The van der Waals surface area contributed by atoms with E-state index in [-0.39, 0.29) is 5.91 Å². The minimum Gasteiger partial charge on any atom is -0.479 e. The largest absolute Gasteiger partial charge is 0.479 e. The van der Waals surface area contributed by atoms with Gasteiger partial charge in [-0.3, -0.25) is 4.79 Å². The molecule has 30 heavy (non-hydrogen) atoms. The second-order valence-electron chi connectivity index (χ2n) is 7.78. The number of benzene rings is 2. The molecule has 0 N–H and O–H groups in total. The first-order chi connectivity index (χ1) is 14.7. The van der Waals surface area contributed by atoms with Gasteiger partial charge < -0.3 is 9.64 Å². The summed E-state index contributed by atoms with van der Waals surface area (Å²) in [5.41, 5.74) is 4.10. The van der Waals surface area contributed by atoms with Crippen LogP contribution in [0.5, 0.6) is 5.75 Å². The summed E-state index contributed by atoms with van der Waals surface area (Å²) in [6, 6.07) is 16.5. The molecule has 1 aliphatic rings. The van der Waals surface area contributed by atoms with Crippen LogP contribution in [-0.4, -0.2) is 23.5 Å². The molecular weight excluding hydrogens is 392 g/mol. The van der Waals surface area contributed by atoms with E-state index in [1.165, 1.54) is 18.4 Å². The number of hydrogen-bond acceptors (Lipinski definition) is 4. The summed E-state index contributed by atoms with van der Waals surface area (Å²) in [7, 11) is 0. The maximum atomic E-state index is 12.8. The third-order valence-corrected chi connectivity index (χ3v) is 6.30. The lowest BCUT2D eigenvalue weighted by Crippen LogP contribution is -2.44. The third-order valence-electron chi connectivity index (χ3n) is 5.45. The molecule has 0 saturated carbocycles. The van der Waals surface area contributed by atoms with E-state index in [4.69, 9.17) is 9.72 Å². The summed E-state index contributed by atoms with van der Waals surface area (Å²) in [5, 5.41) is 3.19. The summed E-state index contributed by atoms with van der Waals surface area (Å²) < 4.78 is 5.87. The van der Waals surface area contributed by atoms with Crippen LogP contribution in [0.4, 0.5) is 5.69 Å². The van der Waals surface area contributed by atoms with Crippen molar-refractivity contribution in [3.8, 4) is 17.0 Å². The lowest BCUT2D eigenvalue weighted by molar-refractivity contribution is -0.125. The quantitative estimate of drug-likeness (QED) is 0.414. The van der Waals surface area contributed by atoms with Gasteiger partial charge in [0.25, 0.3) is 5.91 Å². The van der Waals surface area contributed by atoms with Gasteiger partial charge in [0.2, 0.25) is 0 Å². The van der Waals surface area contributed by atoms with Crippen molar-refractivity contribution in [1.29, 1.82) is 0 Å². The number of ether oxygens (including phenoxy) is 1. The van der Waals surface area contributed by atoms with Gasteiger partial charge in [0.1, 0.15) is 5.75 Å². The van der Waals surface area contributed by atoms with Crippen LogP contribution < -0.4 is 9.64 Å². The van der Waals surface area contributed by atoms with Crippen molar-refractivity contribution >= 4 is 22.9 Å². The molecule has 0 spiro atoms. The smallest absolute Gasteiger partial charge is 0.267 e. The lowest BCUT2D eigenvalue weighted by Gasteiger charge is -2.33. The molecule has 4 nitrogen and oxygen atoms in total. The van der Waals surface area contributed by atoms with Gasteiger partial charge >= 0.3 is 0 Å². The first-order valence-electron chi connectivity index (χ1n) is 10.8. The molecule has 1 unspecified atom stereocenters. The van der Waals surface area contributed by atoms with Crippen LogP contribution in [0.25, 0.3) is 11.3 Å². The molecular formula is C25H28N2O2S. The number of hydrogen-bond donors (Lipinski definition) is 0. The minimum atomic E-state index is -0.439. The zero-order valence-corrected chi connectivity index (χ0v) is 18.5. The van der Waals surface area contributed by atoms with E-state index < -0.39 is 6.10 Å². The van der Waals surface area contributed by atoms with Crippen molar-refractivity contribution in [3.63, 3.8) is 0 Å². The van der Waals surface area contributed by atoms with E-state index in [9.17, 15) is 4.79 Å². The van der Waals surface area contributed by atoms with Gasteiger partial charge in [-0.05, 0) is 37.1 Å². The van der Waals surface area contributed by atoms with E-state index in [0.29, 0.717) is 0 Å². The molecule has 0 saturated heterocycles. The van der Waals surface area contributed by atoms with Crippen molar-refractivity contribution in [2.45, 2.75) is 52.1 Å². The van der Waals surface area contributed by atoms with Crippen LogP contribution in [0.15, 0.2) is 53.9 Å². The van der Waals surface area contributed by atoms with Gasteiger partial charge in [-0.25, -0.2) is 4.98 Å². The molecule has 5 heteroatoms. The Bertz CT molecular complexity index is 999. The number of fused-ring (bicyclic) bond motifs is 1. The molecule has 1 atom stereocenters. The molecule has 1 aromatic heterocycles. The molecule has 0 aliphatic carbocycles. The Labute approximate surface area is 182 Å². The van der Waals surface area contributed by atoms with Gasteiger partial charge in [-0.1, -0.05) is 56.5 Å². The first kappa shape index (κ1) is 20.6. The van der Waals surface area contributed by atoms with Crippen molar-refractivity contribution in [1.82, 2.24) is 4.98 Å². The Balaban J connectivity index is 1.56. The van der Waals surface area contributed by atoms with Gasteiger partial charge in [0.05, 0.1) is 16.4 Å². The number of carbonyl (C=O) groups excluding carboxylic acids is 1. The molecule has 0 bridgehead atoms. The molecule has 156 valence electrons. The SMILES string of the molecule is CCCCCCN1C(=O)C(C)Oc2ccc(-c3csc(Cc4ccccc4)n3)cc21. The minimum absolute atomic E-state index is 0.0409. The number of rotatable bonds is 8. The van der Waals surface area contributed by atoms with Crippen molar-refractivity contribution < 1.29 is 9.53 Å². The second kappa shape index (κ2) is 9.43. The number of carbonyl (C=O) groups is 1. The topological polar surface area (TPSA) is 42.4 Å². The van der Waals surface area contributed by atoms with Gasteiger partial charge in [-0.2, -0.15) is 0 Å². The summed E-state index contributed by atoms with van der Waals surface area (Å²) in [5.74, 6) is 0.820. The van der Waals surface area contributed by atoms with E-state index in [0.717, 1.165) is 53.5 Å². The maximum Gasteiger partial charge on any atom is 0.267 e. The molecule has 4 rings (SSSR count). The van der Waals surface area contributed by atoms with E-state index in [1.807, 2.05) is 30.0 Å². The molecule has 0 fully saturated rings. The highest BCUT2D eigenvalue weighted by Crippen LogP contribution is 2.38. The number of anilines is 1. The summed E-state index contributed by atoms with van der Waals surface area (Å²) in [6.45, 7) is 4.76. The fraction of sp³-hybridized carbons (Fsp3) is 0.360. The Morgan fingerprint density at radius 3 is 2.73 bits per heavy atom. The Kier molecular flexibility index (Phi) is 6.48. The molecule has 1 aliphatic heterocycles. The normalized spacial score (nSPS) is 15.7. The Hall–Kier alpha value is -2.66.